The highest BCUT2D eigenvalue weighted by atomic mass is 35.5. The van der Waals surface area contributed by atoms with Crippen LogP contribution in [0, 0.1) is 6.92 Å². The molecule has 0 radical (unpaired) electrons. The van der Waals surface area contributed by atoms with E-state index >= 15 is 0 Å². The lowest BCUT2D eigenvalue weighted by Gasteiger charge is -2.07. The van der Waals surface area contributed by atoms with Crippen LogP contribution >= 0.6 is 11.6 Å². The van der Waals surface area contributed by atoms with Gasteiger partial charge in [-0.1, -0.05) is 47.5 Å². The molecule has 25 heavy (non-hydrogen) atoms. The monoisotopic (exact) mass is 352 g/mol. The molecule has 0 bridgehead atoms. The molecule has 1 amide bonds. The van der Waals surface area contributed by atoms with Crippen molar-refractivity contribution in [1.29, 1.82) is 0 Å². The van der Waals surface area contributed by atoms with E-state index in [1.54, 1.807) is 36.4 Å². The molecule has 0 saturated heterocycles. The van der Waals surface area contributed by atoms with Gasteiger partial charge in [-0.05, 0) is 42.8 Å². The zero-order valence-electron chi connectivity index (χ0n) is 13.7. The molecular formula is C19H17ClN4O. The van der Waals surface area contributed by atoms with Crippen LogP contribution in [0.3, 0.4) is 0 Å². The zero-order chi connectivity index (χ0) is 17.6. The highest BCUT2D eigenvalue weighted by Gasteiger charge is 2.07. The van der Waals surface area contributed by atoms with Gasteiger partial charge in [0.05, 0.1) is 0 Å². The third kappa shape index (κ3) is 4.78. The Morgan fingerprint density at radius 2 is 1.76 bits per heavy atom. The van der Waals surface area contributed by atoms with E-state index in [0.29, 0.717) is 28.8 Å². The second-order valence-electron chi connectivity index (χ2n) is 5.61. The second kappa shape index (κ2) is 7.77. The minimum absolute atomic E-state index is 0.280. The number of carbonyl (C=O) groups excluding carboxylic acids is 1. The van der Waals surface area contributed by atoms with Crippen molar-refractivity contribution in [2.75, 3.05) is 10.6 Å². The number of rotatable bonds is 5. The Hall–Kier alpha value is -2.92. The van der Waals surface area contributed by atoms with Crippen LogP contribution in [0.5, 0.6) is 0 Å². The Bertz CT molecular complexity index is 881. The van der Waals surface area contributed by atoms with E-state index in [4.69, 9.17) is 11.6 Å². The summed E-state index contributed by atoms with van der Waals surface area (Å²) in [6.07, 6.45) is 0. The van der Waals surface area contributed by atoms with Crippen LogP contribution in [0.1, 0.15) is 21.5 Å². The normalized spacial score (nSPS) is 10.3. The van der Waals surface area contributed by atoms with Gasteiger partial charge < -0.3 is 10.6 Å². The lowest BCUT2D eigenvalue weighted by atomic mass is 10.1. The summed E-state index contributed by atoms with van der Waals surface area (Å²) in [6, 6.07) is 18.4. The zero-order valence-corrected chi connectivity index (χ0v) is 14.4. The molecule has 3 aromatic rings. The molecule has 0 aliphatic rings. The summed E-state index contributed by atoms with van der Waals surface area (Å²) in [5, 5.41) is 14.5. The minimum Gasteiger partial charge on any atom is -0.365 e. The number of anilines is 2. The summed E-state index contributed by atoms with van der Waals surface area (Å²) in [5.41, 5.74) is 2.85. The fourth-order valence-corrected chi connectivity index (χ4v) is 2.52. The predicted molar refractivity (Wildman–Crippen MR) is 99.9 cm³/mol. The maximum atomic E-state index is 12.1. The molecule has 0 saturated carbocycles. The lowest BCUT2D eigenvalue weighted by Crippen LogP contribution is -2.13. The topological polar surface area (TPSA) is 66.9 Å². The highest BCUT2D eigenvalue weighted by molar-refractivity contribution is 6.31. The average molecular weight is 353 g/mol. The van der Waals surface area contributed by atoms with Gasteiger partial charge in [0.25, 0.3) is 5.91 Å². The van der Waals surface area contributed by atoms with Crippen LogP contribution < -0.4 is 10.6 Å². The van der Waals surface area contributed by atoms with E-state index in [1.807, 2.05) is 12.1 Å². The summed E-state index contributed by atoms with van der Waals surface area (Å²) >= 11 is 5.89. The number of aromatic nitrogens is 2. The van der Waals surface area contributed by atoms with Crippen molar-refractivity contribution >= 4 is 29.1 Å². The van der Waals surface area contributed by atoms with Gasteiger partial charge in [0.2, 0.25) is 0 Å². The molecule has 2 N–H and O–H groups in total. The van der Waals surface area contributed by atoms with Crippen LogP contribution in [0.15, 0.2) is 60.7 Å². The van der Waals surface area contributed by atoms with Crippen molar-refractivity contribution in [3.8, 4) is 0 Å². The Kier molecular flexibility index (Phi) is 5.26. The fraction of sp³-hybridized carbons (Fsp3) is 0.105. The number of amides is 1. The fourth-order valence-electron chi connectivity index (χ4n) is 2.33. The molecular weight excluding hydrogens is 336 g/mol. The minimum atomic E-state index is -0.280. The first-order valence-electron chi connectivity index (χ1n) is 7.80. The number of carbonyl (C=O) groups is 1. The van der Waals surface area contributed by atoms with Gasteiger partial charge >= 0.3 is 0 Å². The Labute approximate surface area is 151 Å². The molecule has 1 heterocycles. The Morgan fingerprint density at radius 3 is 2.48 bits per heavy atom. The van der Waals surface area contributed by atoms with Crippen molar-refractivity contribution in [3.63, 3.8) is 0 Å². The van der Waals surface area contributed by atoms with Crippen molar-refractivity contribution in [2.24, 2.45) is 0 Å². The molecule has 1 aromatic heterocycles. The van der Waals surface area contributed by atoms with E-state index in [1.165, 1.54) is 11.1 Å². The maximum absolute atomic E-state index is 12.1. The molecule has 6 heteroatoms. The van der Waals surface area contributed by atoms with Crippen LogP contribution in [0.4, 0.5) is 11.6 Å². The SMILES string of the molecule is Cc1cccc(CNc2ccc(NC(=O)c3cccc(Cl)c3)nn2)c1. The first-order valence-corrected chi connectivity index (χ1v) is 8.18. The quantitative estimate of drug-likeness (QED) is 0.718. The largest absolute Gasteiger partial charge is 0.365 e. The number of hydrogen-bond donors (Lipinski definition) is 2. The van der Waals surface area contributed by atoms with Crippen LogP contribution in [0.2, 0.25) is 5.02 Å². The number of hydrogen-bond acceptors (Lipinski definition) is 4. The molecule has 0 fully saturated rings. The van der Waals surface area contributed by atoms with Gasteiger partial charge in [0.15, 0.2) is 5.82 Å². The number of benzene rings is 2. The standard InChI is InChI=1S/C19H17ClN4O/c1-13-4-2-5-14(10-13)12-21-17-8-9-18(24-23-17)22-19(25)15-6-3-7-16(20)11-15/h2-11H,12H2,1H3,(H,21,23)(H,22,24,25). The van der Waals surface area contributed by atoms with Gasteiger partial charge in [0, 0.05) is 17.1 Å². The van der Waals surface area contributed by atoms with Crippen molar-refractivity contribution in [2.45, 2.75) is 13.5 Å². The molecule has 5 nitrogen and oxygen atoms in total. The van der Waals surface area contributed by atoms with E-state index in [0.717, 1.165) is 0 Å². The van der Waals surface area contributed by atoms with E-state index in [9.17, 15) is 4.79 Å². The number of nitrogens with zero attached hydrogens (tertiary/aromatic N) is 2. The van der Waals surface area contributed by atoms with E-state index in [-0.39, 0.29) is 5.91 Å². The van der Waals surface area contributed by atoms with Gasteiger partial charge in [-0.25, -0.2) is 0 Å². The third-order valence-corrected chi connectivity index (χ3v) is 3.78. The highest BCUT2D eigenvalue weighted by Crippen LogP contribution is 2.13. The van der Waals surface area contributed by atoms with Crippen LogP contribution in [-0.4, -0.2) is 16.1 Å². The molecule has 0 unspecified atom stereocenters. The molecule has 0 aliphatic heterocycles. The second-order valence-corrected chi connectivity index (χ2v) is 6.05. The molecule has 2 aromatic carbocycles. The van der Waals surface area contributed by atoms with Crippen molar-refractivity contribution in [1.82, 2.24) is 10.2 Å². The molecule has 3 rings (SSSR count). The lowest BCUT2D eigenvalue weighted by molar-refractivity contribution is 0.102. The average Bonchev–Trinajstić information content (AvgIpc) is 2.61. The smallest absolute Gasteiger partial charge is 0.256 e. The number of aryl methyl sites for hydroxylation is 1. The van der Waals surface area contributed by atoms with Crippen molar-refractivity contribution < 1.29 is 4.79 Å². The van der Waals surface area contributed by atoms with Gasteiger partial charge in [-0.2, -0.15) is 0 Å². The molecule has 0 aliphatic carbocycles. The van der Waals surface area contributed by atoms with Crippen LogP contribution in [0.25, 0.3) is 0 Å². The molecule has 0 atom stereocenters. The van der Waals surface area contributed by atoms with E-state index in [2.05, 4.69) is 39.9 Å². The number of halogens is 1. The Morgan fingerprint density at radius 1 is 1.00 bits per heavy atom. The summed E-state index contributed by atoms with van der Waals surface area (Å²) < 4.78 is 0. The Balaban J connectivity index is 1.59. The summed E-state index contributed by atoms with van der Waals surface area (Å²) in [6.45, 7) is 2.71. The number of nitrogens with one attached hydrogen (secondary N) is 2. The first kappa shape index (κ1) is 16.9. The summed E-state index contributed by atoms with van der Waals surface area (Å²) in [5.74, 6) is 0.741. The summed E-state index contributed by atoms with van der Waals surface area (Å²) in [4.78, 5) is 12.1. The molecule has 126 valence electrons. The van der Waals surface area contributed by atoms with Crippen LogP contribution in [-0.2, 0) is 6.54 Å². The predicted octanol–water partition coefficient (Wildman–Crippen LogP) is 4.30. The van der Waals surface area contributed by atoms with E-state index < -0.39 is 0 Å². The molecule has 0 spiro atoms. The van der Waals surface area contributed by atoms with Gasteiger partial charge in [-0.3, -0.25) is 4.79 Å². The third-order valence-electron chi connectivity index (χ3n) is 3.55. The van der Waals surface area contributed by atoms with Gasteiger partial charge in [-0.15, -0.1) is 10.2 Å². The van der Waals surface area contributed by atoms with Gasteiger partial charge in [0.1, 0.15) is 5.82 Å². The van der Waals surface area contributed by atoms with Crippen molar-refractivity contribution in [3.05, 3.63) is 82.4 Å². The first-order chi connectivity index (χ1) is 12.1. The maximum Gasteiger partial charge on any atom is 0.256 e. The summed E-state index contributed by atoms with van der Waals surface area (Å²) in [7, 11) is 0.